The maximum absolute atomic E-state index is 10.8. The number of rotatable bonds is 5. The van der Waals surface area contributed by atoms with Crippen LogP contribution < -0.4 is 0 Å². The van der Waals surface area contributed by atoms with Gasteiger partial charge < -0.3 is 9.63 Å². The summed E-state index contributed by atoms with van der Waals surface area (Å²) >= 11 is 0. The first kappa shape index (κ1) is 13.3. The lowest BCUT2D eigenvalue weighted by atomic mass is 10.0. The minimum atomic E-state index is -0.947. The van der Waals surface area contributed by atoms with Gasteiger partial charge in [-0.3, -0.25) is 0 Å². The Kier molecular flexibility index (Phi) is 3.94. The number of nitrogens with zero attached hydrogens (tertiary/aromatic N) is 2. The second kappa shape index (κ2) is 5.65. The monoisotopic (exact) mass is 260 g/mol. The predicted molar refractivity (Wildman–Crippen MR) is 70.0 cm³/mol. The highest BCUT2D eigenvalue weighted by Crippen LogP contribution is 2.24. The molecule has 0 amide bonds. The predicted octanol–water partition coefficient (Wildman–Crippen LogP) is 3.34. The third-order valence-electron chi connectivity index (χ3n) is 3.17. The van der Waals surface area contributed by atoms with Gasteiger partial charge >= 0.3 is 5.97 Å². The van der Waals surface area contributed by atoms with E-state index >= 15 is 0 Å². The Morgan fingerprint density at radius 1 is 1.26 bits per heavy atom. The lowest BCUT2D eigenvalue weighted by Crippen LogP contribution is -1.96. The van der Waals surface area contributed by atoms with Crippen LogP contribution in [0.1, 0.15) is 48.9 Å². The van der Waals surface area contributed by atoms with Crippen molar-refractivity contribution < 1.29 is 14.4 Å². The highest BCUT2D eigenvalue weighted by Gasteiger charge is 2.16. The second-order valence-electron chi connectivity index (χ2n) is 4.35. The molecule has 1 aromatic carbocycles. The van der Waals surface area contributed by atoms with Crippen LogP contribution in [-0.2, 0) is 0 Å². The smallest absolute Gasteiger partial charge is 0.335 e. The van der Waals surface area contributed by atoms with Crippen molar-refractivity contribution in [3.8, 4) is 11.4 Å². The van der Waals surface area contributed by atoms with Gasteiger partial charge in [-0.25, -0.2) is 4.79 Å². The lowest BCUT2D eigenvalue weighted by Gasteiger charge is -2.04. The SMILES string of the molecule is CCC(CC)c1nc(-c2ccc(C(=O)O)cc2)no1. The van der Waals surface area contributed by atoms with Gasteiger partial charge in [-0.05, 0) is 25.0 Å². The molecule has 1 heterocycles. The summed E-state index contributed by atoms with van der Waals surface area (Å²) in [5.74, 6) is 0.470. The molecule has 100 valence electrons. The van der Waals surface area contributed by atoms with Gasteiger partial charge in [0, 0.05) is 11.5 Å². The maximum atomic E-state index is 10.8. The molecule has 0 atom stereocenters. The van der Waals surface area contributed by atoms with E-state index in [4.69, 9.17) is 9.63 Å². The van der Waals surface area contributed by atoms with Crippen molar-refractivity contribution in [3.63, 3.8) is 0 Å². The van der Waals surface area contributed by atoms with Gasteiger partial charge in [0.25, 0.3) is 0 Å². The standard InChI is InChI=1S/C14H16N2O3/c1-3-9(4-2)13-15-12(16-19-13)10-5-7-11(8-6-10)14(17)18/h5-9H,3-4H2,1-2H3,(H,17,18). The van der Waals surface area contributed by atoms with Crippen LogP contribution in [0.4, 0.5) is 0 Å². The van der Waals surface area contributed by atoms with Gasteiger partial charge in [0.1, 0.15) is 0 Å². The van der Waals surface area contributed by atoms with Crippen LogP contribution in [0, 0.1) is 0 Å². The van der Waals surface area contributed by atoms with E-state index in [1.165, 1.54) is 12.1 Å². The van der Waals surface area contributed by atoms with E-state index < -0.39 is 5.97 Å². The van der Waals surface area contributed by atoms with Gasteiger partial charge in [0.15, 0.2) is 0 Å². The fourth-order valence-corrected chi connectivity index (χ4v) is 1.92. The molecule has 1 N–H and O–H groups in total. The number of carbonyl (C=O) groups is 1. The van der Waals surface area contributed by atoms with E-state index in [0.717, 1.165) is 18.4 Å². The van der Waals surface area contributed by atoms with Crippen LogP contribution in [-0.4, -0.2) is 21.2 Å². The molecule has 19 heavy (non-hydrogen) atoms. The zero-order valence-electron chi connectivity index (χ0n) is 11.0. The molecule has 0 aliphatic carbocycles. The third kappa shape index (κ3) is 2.81. The van der Waals surface area contributed by atoms with Gasteiger partial charge in [0.2, 0.25) is 11.7 Å². The number of benzene rings is 1. The largest absolute Gasteiger partial charge is 0.478 e. The number of hydrogen-bond acceptors (Lipinski definition) is 4. The molecular weight excluding hydrogens is 244 g/mol. The average Bonchev–Trinajstić information content (AvgIpc) is 2.90. The Bertz CT molecular complexity index is 556. The van der Waals surface area contributed by atoms with Crippen LogP contribution in [0.25, 0.3) is 11.4 Å². The van der Waals surface area contributed by atoms with Crippen molar-refractivity contribution in [2.24, 2.45) is 0 Å². The molecule has 0 radical (unpaired) electrons. The number of carboxylic acid groups (broad SMARTS) is 1. The zero-order valence-corrected chi connectivity index (χ0v) is 11.0. The highest BCUT2D eigenvalue weighted by atomic mass is 16.5. The Balaban J connectivity index is 2.25. The molecule has 2 aromatic rings. The molecule has 5 heteroatoms. The van der Waals surface area contributed by atoms with Crippen LogP contribution in [0.15, 0.2) is 28.8 Å². The first-order valence-corrected chi connectivity index (χ1v) is 6.33. The molecule has 0 bridgehead atoms. The molecule has 0 saturated heterocycles. The Morgan fingerprint density at radius 2 is 1.89 bits per heavy atom. The van der Waals surface area contributed by atoms with Crippen molar-refractivity contribution in [3.05, 3.63) is 35.7 Å². The van der Waals surface area contributed by atoms with Crippen molar-refractivity contribution in [2.45, 2.75) is 32.6 Å². The van der Waals surface area contributed by atoms with Crippen LogP contribution in [0.5, 0.6) is 0 Å². The molecule has 0 aliphatic heterocycles. The number of carboxylic acids is 1. The molecule has 0 fully saturated rings. The van der Waals surface area contributed by atoms with E-state index in [1.807, 2.05) is 0 Å². The first-order valence-electron chi connectivity index (χ1n) is 6.33. The summed E-state index contributed by atoms with van der Waals surface area (Å²) in [6.07, 6.45) is 1.91. The van der Waals surface area contributed by atoms with Crippen molar-refractivity contribution in [1.82, 2.24) is 10.1 Å². The number of aromatic nitrogens is 2. The lowest BCUT2D eigenvalue weighted by molar-refractivity contribution is 0.0697. The number of aromatic carboxylic acids is 1. The fourth-order valence-electron chi connectivity index (χ4n) is 1.92. The van der Waals surface area contributed by atoms with Crippen LogP contribution >= 0.6 is 0 Å². The first-order chi connectivity index (χ1) is 9.15. The minimum absolute atomic E-state index is 0.243. The fraction of sp³-hybridized carbons (Fsp3) is 0.357. The summed E-state index contributed by atoms with van der Waals surface area (Å²) in [4.78, 5) is 15.1. The summed E-state index contributed by atoms with van der Waals surface area (Å²) in [7, 11) is 0. The zero-order chi connectivity index (χ0) is 13.8. The van der Waals surface area contributed by atoms with E-state index in [0.29, 0.717) is 11.7 Å². The molecule has 0 saturated carbocycles. The summed E-state index contributed by atoms with van der Waals surface area (Å²) < 4.78 is 5.26. The van der Waals surface area contributed by atoms with Crippen molar-refractivity contribution >= 4 is 5.97 Å². The molecule has 0 spiro atoms. The molecule has 5 nitrogen and oxygen atoms in total. The Morgan fingerprint density at radius 3 is 2.42 bits per heavy atom. The Labute approximate surface area is 111 Å². The average molecular weight is 260 g/mol. The van der Waals surface area contributed by atoms with Crippen LogP contribution in [0.2, 0.25) is 0 Å². The number of hydrogen-bond donors (Lipinski definition) is 1. The molecule has 0 aliphatic rings. The highest BCUT2D eigenvalue weighted by molar-refractivity contribution is 5.88. The molecule has 0 unspecified atom stereocenters. The van der Waals surface area contributed by atoms with E-state index in [1.54, 1.807) is 12.1 Å². The summed E-state index contributed by atoms with van der Waals surface area (Å²) in [5.41, 5.74) is 0.999. The topological polar surface area (TPSA) is 76.2 Å². The molecular formula is C14H16N2O3. The second-order valence-corrected chi connectivity index (χ2v) is 4.35. The van der Waals surface area contributed by atoms with E-state index in [2.05, 4.69) is 24.0 Å². The summed E-state index contributed by atoms with van der Waals surface area (Å²) in [6, 6.07) is 6.44. The van der Waals surface area contributed by atoms with E-state index in [9.17, 15) is 4.79 Å². The van der Waals surface area contributed by atoms with Crippen molar-refractivity contribution in [1.29, 1.82) is 0 Å². The molecule has 1 aromatic heterocycles. The normalized spacial score (nSPS) is 10.9. The van der Waals surface area contributed by atoms with Gasteiger partial charge in [-0.2, -0.15) is 4.98 Å². The molecule has 2 rings (SSSR count). The summed E-state index contributed by atoms with van der Waals surface area (Å²) in [5, 5.41) is 12.8. The maximum Gasteiger partial charge on any atom is 0.335 e. The quantitative estimate of drug-likeness (QED) is 0.892. The van der Waals surface area contributed by atoms with Gasteiger partial charge in [-0.1, -0.05) is 31.1 Å². The van der Waals surface area contributed by atoms with Crippen LogP contribution in [0.3, 0.4) is 0 Å². The Hall–Kier alpha value is -2.17. The minimum Gasteiger partial charge on any atom is -0.478 e. The van der Waals surface area contributed by atoms with E-state index in [-0.39, 0.29) is 11.5 Å². The van der Waals surface area contributed by atoms with Gasteiger partial charge in [0.05, 0.1) is 5.56 Å². The third-order valence-corrected chi connectivity index (χ3v) is 3.17. The summed E-state index contributed by atoms with van der Waals surface area (Å²) in [6.45, 7) is 4.17. The van der Waals surface area contributed by atoms with Crippen molar-refractivity contribution in [2.75, 3.05) is 0 Å². The van der Waals surface area contributed by atoms with Gasteiger partial charge in [-0.15, -0.1) is 0 Å².